The Labute approximate surface area is 221 Å². The Morgan fingerprint density at radius 3 is 2.54 bits per heavy atom. The highest BCUT2D eigenvalue weighted by Gasteiger charge is 2.59. The Kier molecular flexibility index (Phi) is 8.72. The van der Waals surface area contributed by atoms with E-state index in [0.717, 1.165) is 61.2 Å². The van der Waals surface area contributed by atoms with Crippen molar-refractivity contribution in [2.45, 2.75) is 136 Å². The number of halogens is 1. The van der Waals surface area contributed by atoms with Crippen molar-refractivity contribution in [3.8, 4) is 0 Å². The molecule has 35 heavy (non-hydrogen) atoms. The predicted molar refractivity (Wildman–Crippen MR) is 147 cm³/mol. The van der Waals surface area contributed by atoms with E-state index in [1.54, 1.807) is 5.57 Å². The fourth-order valence-corrected chi connectivity index (χ4v) is 9.63. The molecular weight excluding hydrogens is 452 g/mol. The number of fused-ring (bicyclic) bond motifs is 5. The van der Waals surface area contributed by atoms with Crippen molar-refractivity contribution in [1.82, 2.24) is 0 Å². The molecule has 200 valence electrons. The Balaban J connectivity index is 1.42. The first-order valence-electron chi connectivity index (χ1n) is 15.1. The summed E-state index contributed by atoms with van der Waals surface area (Å²) in [6.07, 6.45) is 18.5. The van der Waals surface area contributed by atoms with E-state index in [2.05, 4.69) is 47.6 Å². The molecule has 0 aromatic heterocycles. The van der Waals surface area contributed by atoms with E-state index in [0.29, 0.717) is 17.3 Å². The second kappa shape index (κ2) is 11.1. The Bertz CT molecular complexity index is 774. The lowest BCUT2D eigenvalue weighted by atomic mass is 9.47. The highest BCUT2D eigenvalue weighted by Crippen LogP contribution is 2.67. The lowest BCUT2D eigenvalue weighted by Gasteiger charge is -2.58. The van der Waals surface area contributed by atoms with Crippen LogP contribution in [0.3, 0.4) is 0 Å². The minimum Gasteiger partial charge on any atom is -0.461 e. The van der Waals surface area contributed by atoms with E-state index in [1.807, 2.05) is 0 Å². The highest BCUT2D eigenvalue weighted by molar-refractivity contribution is 6.29. The average molecular weight is 505 g/mol. The van der Waals surface area contributed by atoms with Crippen molar-refractivity contribution in [2.24, 2.45) is 46.3 Å². The van der Waals surface area contributed by atoms with Crippen LogP contribution in [-0.4, -0.2) is 17.5 Å². The Morgan fingerprint density at radius 1 is 1.06 bits per heavy atom. The van der Waals surface area contributed by atoms with Crippen LogP contribution in [0.5, 0.6) is 0 Å². The van der Waals surface area contributed by atoms with Crippen molar-refractivity contribution in [1.29, 1.82) is 0 Å². The number of carbonyl (C=O) groups excluding carboxylic acids is 1. The van der Waals surface area contributed by atoms with Gasteiger partial charge in [0.15, 0.2) is 0 Å². The minimum atomic E-state index is -0.489. The zero-order chi connectivity index (χ0) is 25.4. The number of hydrogen-bond acceptors (Lipinski definition) is 2. The molecule has 0 radical (unpaired) electrons. The first-order valence-corrected chi connectivity index (χ1v) is 15.6. The molecule has 0 aromatic carbocycles. The molecule has 2 nitrogen and oxygen atoms in total. The third-order valence-electron chi connectivity index (χ3n) is 11.3. The number of hydrogen-bond donors (Lipinski definition) is 0. The van der Waals surface area contributed by atoms with Gasteiger partial charge in [0.05, 0.1) is 0 Å². The van der Waals surface area contributed by atoms with E-state index in [-0.39, 0.29) is 12.1 Å². The summed E-state index contributed by atoms with van der Waals surface area (Å²) in [5.74, 6) is 4.98. The van der Waals surface area contributed by atoms with Crippen LogP contribution < -0.4 is 0 Å². The zero-order valence-electron chi connectivity index (χ0n) is 23.6. The normalized spacial score (nSPS) is 40.3. The van der Waals surface area contributed by atoms with E-state index in [1.165, 1.54) is 51.4 Å². The van der Waals surface area contributed by atoms with Crippen molar-refractivity contribution >= 4 is 17.6 Å². The van der Waals surface area contributed by atoms with Gasteiger partial charge in [-0.3, -0.25) is 4.79 Å². The van der Waals surface area contributed by atoms with Gasteiger partial charge in [-0.15, -0.1) is 11.6 Å². The molecule has 0 saturated heterocycles. The number of alkyl halides is 1. The smallest absolute Gasteiger partial charge is 0.324 e. The first kappa shape index (κ1) is 27.5. The molecule has 0 aliphatic heterocycles. The van der Waals surface area contributed by atoms with Gasteiger partial charge >= 0.3 is 5.97 Å². The van der Waals surface area contributed by atoms with Crippen LogP contribution >= 0.6 is 11.6 Å². The molecule has 0 N–H and O–H groups in total. The van der Waals surface area contributed by atoms with Crippen LogP contribution in [-0.2, 0) is 9.53 Å². The lowest BCUT2D eigenvalue weighted by Crippen LogP contribution is -2.51. The van der Waals surface area contributed by atoms with Gasteiger partial charge in [0.1, 0.15) is 11.5 Å². The number of esters is 1. The number of carbonyl (C=O) groups is 1. The SMILES string of the molecule is CCC[C@@H](Cl)C(=O)O[C@H]1CC[C@@]2(C)C(=CC[C@@H]3[C@H]4CC[C@@H]([C@H](C)CCCC(C)C)[C@@]4(C)CC[C@H]32)C1. The first-order chi connectivity index (χ1) is 16.6. The molecular formula is C32H53ClO2. The largest absolute Gasteiger partial charge is 0.461 e. The molecule has 0 aromatic rings. The van der Waals surface area contributed by atoms with Gasteiger partial charge in [-0.1, -0.05) is 78.9 Å². The zero-order valence-corrected chi connectivity index (χ0v) is 24.3. The molecule has 4 aliphatic carbocycles. The maximum Gasteiger partial charge on any atom is 0.324 e. The van der Waals surface area contributed by atoms with Gasteiger partial charge in [-0.25, -0.2) is 0 Å². The summed E-state index contributed by atoms with van der Waals surface area (Å²) in [6, 6.07) is 0. The molecule has 0 amide bonds. The summed E-state index contributed by atoms with van der Waals surface area (Å²) in [7, 11) is 0. The highest BCUT2D eigenvalue weighted by atomic mass is 35.5. The van der Waals surface area contributed by atoms with Crippen LogP contribution in [0.15, 0.2) is 11.6 Å². The van der Waals surface area contributed by atoms with Crippen LogP contribution in [0.2, 0.25) is 0 Å². The topological polar surface area (TPSA) is 26.3 Å². The summed E-state index contributed by atoms with van der Waals surface area (Å²) >= 11 is 6.26. The van der Waals surface area contributed by atoms with Crippen molar-refractivity contribution < 1.29 is 9.53 Å². The molecule has 9 atom stereocenters. The molecule has 3 saturated carbocycles. The van der Waals surface area contributed by atoms with Gasteiger partial charge in [-0.05, 0) is 97.7 Å². The van der Waals surface area contributed by atoms with Crippen LogP contribution in [0.4, 0.5) is 0 Å². The van der Waals surface area contributed by atoms with Gasteiger partial charge in [0.25, 0.3) is 0 Å². The van der Waals surface area contributed by atoms with Crippen molar-refractivity contribution in [3.05, 3.63) is 11.6 Å². The number of ether oxygens (including phenoxy) is 1. The third-order valence-corrected chi connectivity index (χ3v) is 11.7. The summed E-state index contributed by atoms with van der Waals surface area (Å²) in [5, 5.41) is -0.489. The standard InChI is InChI=1S/C32H53ClO2/c1-7-9-29(33)30(34)35-24-16-18-31(5)23(20-24)12-13-25-27-15-14-26(22(4)11-8-10-21(2)3)32(27,6)19-17-28(25)31/h12,21-22,24-29H,7-11,13-20H2,1-6H3/t22-,24+,25-,26+,27-,28-,29-,31+,32-/m1/s1. The second-order valence-corrected chi connectivity index (χ2v) is 14.4. The average Bonchev–Trinajstić information content (AvgIpc) is 3.16. The van der Waals surface area contributed by atoms with Crippen LogP contribution in [0, 0.1) is 46.3 Å². The van der Waals surface area contributed by atoms with E-state index >= 15 is 0 Å². The summed E-state index contributed by atoms with van der Waals surface area (Å²) < 4.78 is 5.90. The molecule has 4 rings (SSSR count). The molecule has 0 spiro atoms. The Morgan fingerprint density at radius 2 is 1.83 bits per heavy atom. The minimum absolute atomic E-state index is 0.0212. The third kappa shape index (κ3) is 5.39. The molecule has 0 bridgehead atoms. The van der Waals surface area contributed by atoms with E-state index < -0.39 is 5.38 Å². The fourth-order valence-electron chi connectivity index (χ4n) is 9.36. The predicted octanol–water partition coefficient (Wildman–Crippen LogP) is 9.35. The summed E-state index contributed by atoms with van der Waals surface area (Å²) in [4.78, 5) is 12.4. The maximum absolute atomic E-state index is 12.4. The summed E-state index contributed by atoms with van der Waals surface area (Å²) in [5.41, 5.74) is 2.43. The van der Waals surface area contributed by atoms with Crippen LogP contribution in [0.1, 0.15) is 125 Å². The second-order valence-electron chi connectivity index (χ2n) is 13.8. The molecule has 3 heteroatoms. The van der Waals surface area contributed by atoms with Gasteiger partial charge in [-0.2, -0.15) is 0 Å². The monoisotopic (exact) mass is 504 g/mol. The van der Waals surface area contributed by atoms with Crippen molar-refractivity contribution in [2.75, 3.05) is 0 Å². The van der Waals surface area contributed by atoms with Gasteiger partial charge < -0.3 is 4.74 Å². The molecule has 4 aliphatic rings. The lowest BCUT2D eigenvalue weighted by molar-refractivity contribution is -0.151. The number of rotatable bonds is 9. The quantitative estimate of drug-likeness (QED) is 0.177. The van der Waals surface area contributed by atoms with Crippen LogP contribution in [0.25, 0.3) is 0 Å². The number of allylic oxidation sites excluding steroid dienone is 1. The maximum atomic E-state index is 12.4. The fraction of sp³-hybridized carbons (Fsp3) is 0.906. The summed E-state index contributed by atoms with van der Waals surface area (Å²) in [6.45, 7) is 14.6. The van der Waals surface area contributed by atoms with E-state index in [9.17, 15) is 4.79 Å². The molecule has 0 unspecified atom stereocenters. The van der Waals surface area contributed by atoms with E-state index in [4.69, 9.17) is 16.3 Å². The van der Waals surface area contributed by atoms with Crippen molar-refractivity contribution in [3.63, 3.8) is 0 Å². The Hall–Kier alpha value is -0.500. The van der Waals surface area contributed by atoms with Gasteiger partial charge in [0, 0.05) is 6.42 Å². The molecule has 0 heterocycles. The molecule has 3 fully saturated rings. The van der Waals surface area contributed by atoms with Gasteiger partial charge in [0.2, 0.25) is 0 Å².